The van der Waals surface area contributed by atoms with E-state index in [1.165, 1.54) is 19.3 Å². The SMILES string of the molecule is CCC1(CN)C2CC3CC2C1C3. The first-order chi connectivity index (χ1) is 5.81. The van der Waals surface area contributed by atoms with Crippen LogP contribution >= 0.6 is 0 Å². The van der Waals surface area contributed by atoms with E-state index in [9.17, 15) is 0 Å². The summed E-state index contributed by atoms with van der Waals surface area (Å²) in [7, 11) is 0. The van der Waals surface area contributed by atoms with Crippen molar-refractivity contribution in [3.63, 3.8) is 0 Å². The molecule has 0 spiro atoms. The van der Waals surface area contributed by atoms with E-state index in [1.807, 2.05) is 0 Å². The fourth-order valence-corrected chi connectivity index (χ4v) is 4.80. The van der Waals surface area contributed by atoms with E-state index in [1.54, 1.807) is 6.42 Å². The third-order valence-electron chi connectivity index (χ3n) is 5.33. The Kier molecular flexibility index (Phi) is 1.27. The van der Waals surface area contributed by atoms with Gasteiger partial charge in [-0.05, 0) is 61.3 Å². The molecule has 0 heterocycles. The maximum atomic E-state index is 5.95. The molecule has 0 aromatic carbocycles. The molecule has 0 amide bonds. The minimum atomic E-state index is 0.609. The molecular weight excluding hydrogens is 146 g/mol. The number of rotatable bonds is 2. The largest absolute Gasteiger partial charge is 0.330 e. The van der Waals surface area contributed by atoms with Gasteiger partial charge in [0.05, 0.1) is 0 Å². The van der Waals surface area contributed by atoms with E-state index in [2.05, 4.69) is 6.92 Å². The molecule has 0 aromatic heterocycles. The van der Waals surface area contributed by atoms with E-state index in [4.69, 9.17) is 5.73 Å². The highest BCUT2D eigenvalue weighted by Gasteiger charge is 2.67. The molecule has 2 unspecified atom stereocenters. The van der Waals surface area contributed by atoms with Crippen molar-refractivity contribution in [3.05, 3.63) is 0 Å². The lowest BCUT2D eigenvalue weighted by Crippen LogP contribution is -2.58. The number of nitrogens with two attached hydrogens (primary N) is 1. The van der Waals surface area contributed by atoms with Gasteiger partial charge in [-0.25, -0.2) is 0 Å². The molecule has 0 aromatic rings. The van der Waals surface area contributed by atoms with Gasteiger partial charge in [-0.2, -0.15) is 0 Å². The van der Waals surface area contributed by atoms with Crippen LogP contribution in [0.4, 0.5) is 0 Å². The number of fused-ring (bicyclic) bond motifs is 1. The Morgan fingerprint density at radius 1 is 1.25 bits per heavy atom. The molecule has 3 rings (SSSR count). The van der Waals surface area contributed by atoms with Crippen LogP contribution in [0.1, 0.15) is 32.6 Å². The summed E-state index contributed by atoms with van der Waals surface area (Å²) in [6.07, 6.45) is 5.93. The van der Waals surface area contributed by atoms with Crippen LogP contribution in [-0.2, 0) is 0 Å². The van der Waals surface area contributed by atoms with Crippen LogP contribution in [0.2, 0.25) is 0 Å². The second-order valence-corrected chi connectivity index (χ2v) is 5.24. The standard InChI is InChI=1S/C11H19N/c1-2-11(6-12)9-4-7-3-8(9)10(11)5-7/h7-10H,2-6,12H2,1H3. The molecule has 0 radical (unpaired) electrons. The maximum absolute atomic E-state index is 5.95. The molecule has 2 N–H and O–H groups in total. The van der Waals surface area contributed by atoms with Crippen molar-refractivity contribution in [2.24, 2.45) is 34.8 Å². The van der Waals surface area contributed by atoms with Crippen LogP contribution in [0.25, 0.3) is 0 Å². The van der Waals surface area contributed by atoms with Crippen LogP contribution in [0, 0.1) is 29.1 Å². The highest BCUT2D eigenvalue weighted by atomic mass is 14.8. The van der Waals surface area contributed by atoms with Crippen LogP contribution < -0.4 is 5.73 Å². The quantitative estimate of drug-likeness (QED) is 0.665. The predicted octanol–water partition coefficient (Wildman–Crippen LogP) is 2.02. The average Bonchev–Trinajstić information content (AvgIpc) is 2.64. The van der Waals surface area contributed by atoms with Gasteiger partial charge in [0.15, 0.2) is 0 Å². The Labute approximate surface area is 74.7 Å². The van der Waals surface area contributed by atoms with E-state index < -0.39 is 0 Å². The molecule has 0 saturated heterocycles. The Bertz CT molecular complexity index is 191. The monoisotopic (exact) mass is 165 g/mol. The molecule has 3 fully saturated rings. The first-order valence-electron chi connectivity index (χ1n) is 5.52. The topological polar surface area (TPSA) is 26.0 Å². The summed E-state index contributed by atoms with van der Waals surface area (Å²) >= 11 is 0. The molecule has 1 heteroatoms. The van der Waals surface area contributed by atoms with Crippen molar-refractivity contribution in [1.29, 1.82) is 0 Å². The van der Waals surface area contributed by atoms with E-state index in [0.29, 0.717) is 5.41 Å². The number of hydrogen-bond donors (Lipinski definition) is 1. The lowest BCUT2D eigenvalue weighted by atomic mass is 9.45. The zero-order valence-electron chi connectivity index (χ0n) is 7.92. The first-order valence-corrected chi connectivity index (χ1v) is 5.52. The Balaban J connectivity index is 1.92. The maximum Gasteiger partial charge on any atom is -0.00151 e. The molecule has 12 heavy (non-hydrogen) atoms. The molecule has 3 aliphatic carbocycles. The minimum absolute atomic E-state index is 0.609. The zero-order chi connectivity index (χ0) is 8.34. The van der Waals surface area contributed by atoms with Gasteiger partial charge in [0.2, 0.25) is 0 Å². The summed E-state index contributed by atoms with van der Waals surface area (Å²) in [6, 6.07) is 0. The summed E-state index contributed by atoms with van der Waals surface area (Å²) in [4.78, 5) is 0. The normalized spacial score (nSPS) is 60.5. The van der Waals surface area contributed by atoms with Crippen molar-refractivity contribution in [3.8, 4) is 0 Å². The summed E-state index contributed by atoms with van der Waals surface area (Å²) in [5.74, 6) is 4.29. The average molecular weight is 165 g/mol. The van der Waals surface area contributed by atoms with Gasteiger partial charge >= 0.3 is 0 Å². The lowest BCUT2D eigenvalue weighted by molar-refractivity contribution is -0.114. The molecule has 3 saturated carbocycles. The van der Waals surface area contributed by atoms with Crippen LogP contribution in [0.15, 0.2) is 0 Å². The third kappa shape index (κ3) is 0.555. The van der Waals surface area contributed by atoms with E-state index >= 15 is 0 Å². The van der Waals surface area contributed by atoms with E-state index in [-0.39, 0.29) is 0 Å². The Morgan fingerprint density at radius 2 is 1.92 bits per heavy atom. The smallest absolute Gasteiger partial charge is 0.00151 e. The van der Waals surface area contributed by atoms with Crippen LogP contribution in [-0.4, -0.2) is 6.54 Å². The molecule has 2 bridgehead atoms. The van der Waals surface area contributed by atoms with Gasteiger partial charge in [-0.3, -0.25) is 0 Å². The Hall–Kier alpha value is -0.0400. The van der Waals surface area contributed by atoms with Crippen LogP contribution in [0.3, 0.4) is 0 Å². The minimum Gasteiger partial charge on any atom is -0.330 e. The van der Waals surface area contributed by atoms with Crippen molar-refractivity contribution < 1.29 is 0 Å². The van der Waals surface area contributed by atoms with Gasteiger partial charge in [0.25, 0.3) is 0 Å². The second-order valence-electron chi connectivity index (χ2n) is 5.24. The molecule has 1 nitrogen and oxygen atoms in total. The third-order valence-corrected chi connectivity index (χ3v) is 5.33. The molecule has 68 valence electrons. The summed E-state index contributed by atoms with van der Waals surface area (Å²) in [6.45, 7) is 3.30. The van der Waals surface area contributed by atoms with Crippen molar-refractivity contribution in [1.82, 2.24) is 0 Å². The van der Waals surface area contributed by atoms with E-state index in [0.717, 1.165) is 30.2 Å². The molecule has 2 atom stereocenters. The summed E-state index contributed by atoms with van der Waals surface area (Å²) in [5.41, 5.74) is 6.56. The van der Waals surface area contributed by atoms with Gasteiger partial charge in [0.1, 0.15) is 0 Å². The van der Waals surface area contributed by atoms with Crippen LogP contribution in [0.5, 0.6) is 0 Å². The fourth-order valence-electron chi connectivity index (χ4n) is 4.80. The predicted molar refractivity (Wildman–Crippen MR) is 49.6 cm³/mol. The highest BCUT2D eigenvalue weighted by Crippen LogP contribution is 2.73. The fraction of sp³-hybridized carbons (Fsp3) is 1.00. The summed E-state index contributed by atoms with van der Waals surface area (Å²) in [5, 5.41) is 0. The second kappa shape index (κ2) is 2.06. The summed E-state index contributed by atoms with van der Waals surface area (Å²) < 4.78 is 0. The van der Waals surface area contributed by atoms with Crippen molar-refractivity contribution in [2.45, 2.75) is 32.6 Å². The van der Waals surface area contributed by atoms with Crippen molar-refractivity contribution >= 4 is 0 Å². The van der Waals surface area contributed by atoms with Gasteiger partial charge in [0, 0.05) is 0 Å². The highest BCUT2D eigenvalue weighted by molar-refractivity contribution is 5.16. The van der Waals surface area contributed by atoms with Gasteiger partial charge in [-0.1, -0.05) is 6.92 Å². The van der Waals surface area contributed by atoms with Gasteiger partial charge in [-0.15, -0.1) is 0 Å². The molecule has 3 aliphatic rings. The lowest BCUT2D eigenvalue weighted by Gasteiger charge is -2.60. The van der Waals surface area contributed by atoms with Crippen molar-refractivity contribution in [2.75, 3.05) is 6.54 Å². The molecular formula is C11H19N. The Morgan fingerprint density at radius 3 is 2.25 bits per heavy atom. The molecule has 0 aliphatic heterocycles. The van der Waals surface area contributed by atoms with Gasteiger partial charge < -0.3 is 5.73 Å². The zero-order valence-corrected chi connectivity index (χ0v) is 7.92. The first kappa shape index (κ1) is 7.37. The number of hydrogen-bond acceptors (Lipinski definition) is 1.